The number of amides is 3. The first kappa shape index (κ1) is 15.6. The number of carbonyl (C=O) groups is 3. The maximum atomic E-state index is 12.2. The number of likely N-dealkylation sites (tertiary alicyclic amines) is 1. The van der Waals surface area contributed by atoms with Crippen molar-refractivity contribution in [2.75, 3.05) is 13.1 Å². The zero-order chi connectivity index (χ0) is 15.4. The van der Waals surface area contributed by atoms with E-state index in [1.54, 1.807) is 4.90 Å². The van der Waals surface area contributed by atoms with Gasteiger partial charge in [0.15, 0.2) is 0 Å². The van der Waals surface area contributed by atoms with Crippen molar-refractivity contribution >= 4 is 17.9 Å². The van der Waals surface area contributed by atoms with Crippen LogP contribution in [0.4, 0.5) is 4.79 Å². The van der Waals surface area contributed by atoms with Crippen LogP contribution in [-0.2, 0) is 9.59 Å². The molecule has 0 aromatic carbocycles. The highest BCUT2D eigenvalue weighted by Crippen LogP contribution is 2.24. The minimum atomic E-state index is -0.848. The number of carbonyl (C=O) groups excluding carboxylic acids is 2. The standard InChI is InChI=1S/C14H23N3O4/c15-12(18)9-6-7-17(8-9)14(21)16-11-5-3-1-2-4-10(11)13(19)20/h9-11H,1-8H2,(H2,15,18)(H,16,21)(H,19,20). The van der Waals surface area contributed by atoms with E-state index in [4.69, 9.17) is 5.73 Å². The first-order valence-electron chi connectivity index (χ1n) is 7.56. The van der Waals surface area contributed by atoms with E-state index in [0.29, 0.717) is 32.4 Å². The maximum absolute atomic E-state index is 12.2. The van der Waals surface area contributed by atoms with Crippen LogP contribution in [0.1, 0.15) is 38.5 Å². The van der Waals surface area contributed by atoms with Gasteiger partial charge < -0.3 is 21.1 Å². The van der Waals surface area contributed by atoms with Crippen molar-refractivity contribution in [3.63, 3.8) is 0 Å². The molecule has 118 valence electrons. The molecular weight excluding hydrogens is 274 g/mol. The summed E-state index contributed by atoms with van der Waals surface area (Å²) < 4.78 is 0. The number of nitrogens with two attached hydrogens (primary N) is 1. The Labute approximate surface area is 123 Å². The van der Waals surface area contributed by atoms with Crippen LogP contribution in [0.3, 0.4) is 0 Å². The lowest BCUT2D eigenvalue weighted by Gasteiger charge is -2.26. The van der Waals surface area contributed by atoms with Crippen LogP contribution >= 0.6 is 0 Å². The number of carboxylic acids is 1. The molecule has 1 saturated carbocycles. The molecule has 1 aliphatic heterocycles. The first-order valence-corrected chi connectivity index (χ1v) is 7.56. The molecule has 0 aromatic rings. The third kappa shape index (κ3) is 3.86. The van der Waals surface area contributed by atoms with Crippen molar-refractivity contribution in [3.8, 4) is 0 Å². The predicted molar refractivity (Wildman–Crippen MR) is 75.4 cm³/mol. The zero-order valence-corrected chi connectivity index (χ0v) is 12.1. The molecule has 3 unspecified atom stereocenters. The fraction of sp³-hybridized carbons (Fsp3) is 0.786. The number of rotatable bonds is 3. The minimum absolute atomic E-state index is 0.281. The topological polar surface area (TPSA) is 113 Å². The van der Waals surface area contributed by atoms with Crippen LogP contribution in [-0.4, -0.2) is 47.0 Å². The van der Waals surface area contributed by atoms with E-state index in [2.05, 4.69) is 5.32 Å². The van der Waals surface area contributed by atoms with Crippen LogP contribution in [0.25, 0.3) is 0 Å². The van der Waals surface area contributed by atoms with E-state index in [1.807, 2.05) is 0 Å². The van der Waals surface area contributed by atoms with Gasteiger partial charge in [-0.15, -0.1) is 0 Å². The Hall–Kier alpha value is -1.79. The molecule has 4 N–H and O–H groups in total. The van der Waals surface area contributed by atoms with Crippen LogP contribution in [0.2, 0.25) is 0 Å². The zero-order valence-electron chi connectivity index (χ0n) is 12.1. The number of urea groups is 1. The summed E-state index contributed by atoms with van der Waals surface area (Å²) in [4.78, 5) is 36.3. The molecular formula is C14H23N3O4. The van der Waals surface area contributed by atoms with Crippen LogP contribution in [0.15, 0.2) is 0 Å². The molecule has 3 atom stereocenters. The number of primary amides is 1. The Morgan fingerprint density at radius 2 is 1.81 bits per heavy atom. The molecule has 3 amide bonds. The number of carboxylic acid groups (broad SMARTS) is 1. The summed E-state index contributed by atoms with van der Waals surface area (Å²) in [5.74, 6) is -2.05. The third-order valence-electron chi connectivity index (χ3n) is 4.52. The molecule has 1 aliphatic carbocycles. The van der Waals surface area contributed by atoms with Gasteiger partial charge in [-0.05, 0) is 19.3 Å². The summed E-state index contributed by atoms with van der Waals surface area (Å²) in [5, 5.41) is 12.1. The fourth-order valence-electron chi connectivity index (χ4n) is 3.20. The van der Waals surface area contributed by atoms with Gasteiger partial charge in [-0.25, -0.2) is 4.79 Å². The summed E-state index contributed by atoms with van der Waals surface area (Å²) in [6.07, 6.45) is 4.69. The summed E-state index contributed by atoms with van der Waals surface area (Å²) >= 11 is 0. The third-order valence-corrected chi connectivity index (χ3v) is 4.52. The van der Waals surface area contributed by atoms with Crippen molar-refractivity contribution in [1.82, 2.24) is 10.2 Å². The highest BCUT2D eigenvalue weighted by atomic mass is 16.4. The number of hydrogen-bond donors (Lipinski definition) is 3. The highest BCUT2D eigenvalue weighted by molar-refractivity contribution is 5.81. The average Bonchev–Trinajstić information content (AvgIpc) is 2.81. The normalized spacial score (nSPS) is 29.7. The second-order valence-electron chi connectivity index (χ2n) is 5.97. The molecule has 2 aliphatic rings. The lowest BCUT2D eigenvalue weighted by atomic mass is 9.95. The van der Waals surface area contributed by atoms with E-state index in [1.165, 1.54) is 0 Å². The summed E-state index contributed by atoms with van der Waals surface area (Å²) in [5.41, 5.74) is 5.25. The van der Waals surface area contributed by atoms with Crippen molar-refractivity contribution in [2.45, 2.75) is 44.6 Å². The molecule has 7 heteroatoms. The highest BCUT2D eigenvalue weighted by Gasteiger charge is 2.34. The van der Waals surface area contributed by atoms with Gasteiger partial charge in [-0.2, -0.15) is 0 Å². The molecule has 0 radical (unpaired) electrons. The van der Waals surface area contributed by atoms with Gasteiger partial charge in [0.25, 0.3) is 0 Å². The van der Waals surface area contributed by atoms with Gasteiger partial charge in [0.2, 0.25) is 5.91 Å². The Bertz CT molecular complexity index is 426. The van der Waals surface area contributed by atoms with E-state index in [-0.39, 0.29) is 23.9 Å². The van der Waals surface area contributed by atoms with Crippen molar-refractivity contribution in [3.05, 3.63) is 0 Å². The fourth-order valence-corrected chi connectivity index (χ4v) is 3.20. The maximum Gasteiger partial charge on any atom is 0.317 e. The second kappa shape index (κ2) is 6.78. The minimum Gasteiger partial charge on any atom is -0.481 e. The SMILES string of the molecule is NC(=O)C1CCN(C(=O)NC2CCCCCC2C(=O)O)C1. The molecule has 1 saturated heterocycles. The molecule has 0 aromatic heterocycles. The van der Waals surface area contributed by atoms with Gasteiger partial charge in [0.05, 0.1) is 11.8 Å². The van der Waals surface area contributed by atoms with Crippen LogP contribution in [0.5, 0.6) is 0 Å². The van der Waals surface area contributed by atoms with Crippen molar-refractivity contribution in [2.24, 2.45) is 17.6 Å². The van der Waals surface area contributed by atoms with Gasteiger partial charge in [-0.1, -0.05) is 19.3 Å². The summed E-state index contributed by atoms with van der Waals surface area (Å²) in [7, 11) is 0. The van der Waals surface area contributed by atoms with Crippen molar-refractivity contribution in [1.29, 1.82) is 0 Å². The van der Waals surface area contributed by atoms with Crippen LogP contribution < -0.4 is 11.1 Å². The number of nitrogens with zero attached hydrogens (tertiary/aromatic N) is 1. The number of aliphatic carboxylic acids is 1. The quantitative estimate of drug-likeness (QED) is 0.660. The van der Waals surface area contributed by atoms with Gasteiger partial charge in [0, 0.05) is 19.1 Å². The summed E-state index contributed by atoms with van der Waals surface area (Å²) in [6, 6.07) is -0.609. The first-order chi connectivity index (χ1) is 9.99. The van der Waals surface area contributed by atoms with E-state index < -0.39 is 11.9 Å². The molecule has 1 heterocycles. The Morgan fingerprint density at radius 3 is 2.43 bits per heavy atom. The molecule has 7 nitrogen and oxygen atoms in total. The lowest BCUT2D eigenvalue weighted by molar-refractivity contribution is -0.142. The molecule has 2 rings (SSSR count). The molecule has 0 bridgehead atoms. The van der Waals surface area contributed by atoms with Crippen molar-refractivity contribution < 1.29 is 19.5 Å². The van der Waals surface area contributed by atoms with E-state index in [9.17, 15) is 19.5 Å². The number of nitrogens with one attached hydrogen (secondary N) is 1. The smallest absolute Gasteiger partial charge is 0.317 e. The van der Waals surface area contributed by atoms with Gasteiger partial charge in [0.1, 0.15) is 0 Å². The molecule has 2 fully saturated rings. The molecule has 21 heavy (non-hydrogen) atoms. The van der Waals surface area contributed by atoms with Gasteiger partial charge in [-0.3, -0.25) is 9.59 Å². The average molecular weight is 297 g/mol. The monoisotopic (exact) mass is 297 g/mol. The predicted octanol–water partition coefficient (Wildman–Crippen LogP) is 0.537. The Kier molecular flexibility index (Phi) is 5.03. The Morgan fingerprint density at radius 1 is 1.10 bits per heavy atom. The largest absolute Gasteiger partial charge is 0.481 e. The van der Waals surface area contributed by atoms with Crippen LogP contribution in [0, 0.1) is 11.8 Å². The van der Waals surface area contributed by atoms with E-state index >= 15 is 0 Å². The summed E-state index contributed by atoms with van der Waals surface area (Å²) in [6.45, 7) is 0.815. The molecule has 0 spiro atoms. The number of hydrogen-bond acceptors (Lipinski definition) is 3. The van der Waals surface area contributed by atoms with E-state index in [0.717, 1.165) is 19.3 Å². The Balaban J connectivity index is 1.94. The second-order valence-corrected chi connectivity index (χ2v) is 5.97. The lowest BCUT2D eigenvalue weighted by Crippen LogP contribution is -2.48. The van der Waals surface area contributed by atoms with Gasteiger partial charge >= 0.3 is 12.0 Å².